The van der Waals surface area contributed by atoms with Crippen LogP contribution in [0.2, 0.25) is 0 Å². The van der Waals surface area contributed by atoms with Crippen LogP contribution in [0.5, 0.6) is 0 Å². The molecule has 2 heterocycles. The van der Waals surface area contributed by atoms with Crippen molar-refractivity contribution in [2.45, 2.75) is 0 Å². The fourth-order valence-electron chi connectivity index (χ4n) is 10.3. The van der Waals surface area contributed by atoms with Gasteiger partial charge in [-0.3, -0.25) is 0 Å². The van der Waals surface area contributed by atoms with Crippen molar-refractivity contribution in [3.05, 3.63) is 255 Å². The Labute approximate surface area is 368 Å². The number of fused-ring (bicyclic) bond motifs is 6. The number of rotatable bonds is 8. The molecule has 0 aliphatic rings. The first kappa shape index (κ1) is 36.8. The van der Waals surface area contributed by atoms with E-state index in [4.69, 9.17) is 0 Å². The van der Waals surface area contributed by atoms with Gasteiger partial charge in [-0.1, -0.05) is 212 Å². The Morgan fingerprint density at radius 2 is 0.667 bits per heavy atom. The second-order valence-electron chi connectivity index (χ2n) is 16.5. The molecule has 0 unspecified atom stereocenters. The SMILES string of the molecule is c1ccc(-c2ccc(-n3c4ccccc4c4ccc(-n5c6ccccc6c6c([Si](c7ccccc7)(c7ccccc7)c7ccccc7)cc(-c7ccccc7)cc65)cc43)cc2)cc1. The first-order valence-corrected chi connectivity index (χ1v) is 23.8. The van der Waals surface area contributed by atoms with Crippen molar-refractivity contribution in [3.8, 4) is 33.6 Å². The molecule has 12 rings (SSSR count). The van der Waals surface area contributed by atoms with Crippen LogP contribution in [0.4, 0.5) is 0 Å². The molecule has 0 spiro atoms. The zero-order chi connectivity index (χ0) is 41.7. The van der Waals surface area contributed by atoms with Gasteiger partial charge >= 0.3 is 0 Å². The average molecular weight is 819 g/mol. The third-order valence-corrected chi connectivity index (χ3v) is 17.9. The molecule has 0 fully saturated rings. The molecule has 12 aromatic rings. The van der Waals surface area contributed by atoms with Crippen LogP contribution in [-0.4, -0.2) is 17.2 Å². The van der Waals surface area contributed by atoms with Gasteiger partial charge in [0, 0.05) is 32.9 Å². The highest BCUT2D eigenvalue weighted by Gasteiger charge is 2.43. The van der Waals surface area contributed by atoms with Gasteiger partial charge in [0.2, 0.25) is 0 Å². The number of aromatic nitrogens is 2. The van der Waals surface area contributed by atoms with Gasteiger partial charge < -0.3 is 9.13 Å². The van der Waals surface area contributed by atoms with Crippen LogP contribution in [-0.2, 0) is 0 Å². The van der Waals surface area contributed by atoms with E-state index in [9.17, 15) is 0 Å². The summed E-state index contributed by atoms with van der Waals surface area (Å²) in [5.41, 5.74) is 11.8. The maximum Gasteiger partial charge on any atom is 0.180 e. The van der Waals surface area contributed by atoms with Gasteiger partial charge in [-0.05, 0) is 85.5 Å². The molecule has 0 saturated carbocycles. The summed E-state index contributed by atoms with van der Waals surface area (Å²) < 4.78 is 4.97. The van der Waals surface area contributed by atoms with Crippen molar-refractivity contribution < 1.29 is 0 Å². The zero-order valence-corrected chi connectivity index (χ0v) is 35.6. The number of hydrogen-bond donors (Lipinski definition) is 0. The van der Waals surface area contributed by atoms with E-state index in [1.165, 1.54) is 86.6 Å². The van der Waals surface area contributed by atoms with Crippen LogP contribution in [0.25, 0.3) is 77.2 Å². The molecule has 0 atom stereocenters. The lowest BCUT2D eigenvalue weighted by Gasteiger charge is -2.35. The molecule has 0 radical (unpaired) electrons. The third-order valence-electron chi connectivity index (χ3n) is 13.1. The van der Waals surface area contributed by atoms with Gasteiger partial charge in [-0.2, -0.15) is 0 Å². The predicted molar refractivity (Wildman–Crippen MR) is 270 cm³/mol. The minimum absolute atomic E-state index is 1.13. The van der Waals surface area contributed by atoms with Gasteiger partial charge in [0.1, 0.15) is 0 Å². The average Bonchev–Trinajstić information content (AvgIpc) is 3.88. The van der Waals surface area contributed by atoms with Crippen LogP contribution in [0.15, 0.2) is 255 Å². The molecular weight excluding hydrogens is 777 g/mol. The van der Waals surface area contributed by atoms with E-state index < -0.39 is 8.07 Å². The highest BCUT2D eigenvalue weighted by molar-refractivity contribution is 7.20. The smallest absolute Gasteiger partial charge is 0.180 e. The molecule has 296 valence electrons. The third kappa shape index (κ3) is 5.93. The lowest BCUT2D eigenvalue weighted by molar-refractivity contribution is 1.15. The van der Waals surface area contributed by atoms with Crippen LogP contribution in [0, 0.1) is 0 Å². The van der Waals surface area contributed by atoms with Gasteiger partial charge in [0.25, 0.3) is 0 Å². The fraction of sp³-hybridized carbons (Fsp3) is 0. The summed E-state index contributed by atoms with van der Waals surface area (Å²) in [4.78, 5) is 0. The quantitative estimate of drug-likeness (QED) is 0.107. The monoisotopic (exact) mass is 818 g/mol. The molecule has 2 nitrogen and oxygen atoms in total. The summed E-state index contributed by atoms with van der Waals surface area (Å²) in [6.45, 7) is 0. The molecule has 0 aliphatic carbocycles. The van der Waals surface area contributed by atoms with E-state index in [2.05, 4.69) is 264 Å². The molecule has 10 aromatic carbocycles. The normalized spacial score (nSPS) is 11.8. The van der Waals surface area contributed by atoms with Crippen molar-refractivity contribution in [1.82, 2.24) is 9.13 Å². The maximum absolute atomic E-state index is 3.00. The van der Waals surface area contributed by atoms with Crippen molar-refractivity contribution in [2.24, 2.45) is 0 Å². The fourth-order valence-corrected chi connectivity index (χ4v) is 15.3. The molecule has 0 saturated heterocycles. The van der Waals surface area contributed by atoms with Gasteiger partial charge in [-0.25, -0.2) is 0 Å². The number of para-hydroxylation sites is 2. The second kappa shape index (κ2) is 15.2. The largest absolute Gasteiger partial charge is 0.309 e. The van der Waals surface area contributed by atoms with Crippen molar-refractivity contribution in [2.75, 3.05) is 0 Å². The van der Waals surface area contributed by atoms with E-state index in [1.807, 2.05) is 0 Å². The predicted octanol–water partition coefficient (Wildman–Crippen LogP) is 12.6. The van der Waals surface area contributed by atoms with Crippen LogP contribution in [0.3, 0.4) is 0 Å². The highest BCUT2D eigenvalue weighted by Crippen LogP contribution is 2.39. The van der Waals surface area contributed by atoms with E-state index in [1.54, 1.807) is 0 Å². The van der Waals surface area contributed by atoms with E-state index >= 15 is 0 Å². The first-order chi connectivity index (χ1) is 31.3. The summed E-state index contributed by atoms with van der Waals surface area (Å²) in [6, 6.07) is 94.4. The van der Waals surface area contributed by atoms with Gasteiger partial charge in [0.15, 0.2) is 8.07 Å². The molecule has 63 heavy (non-hydrogen) atoms. The van der Waals surface area contributed by atoms with Gasteiger partial charge in [-0.15, -0.1) is 0 Å². The molecule has 0 aliphatic heterocycles. The van der Waals surface area contributed by atoms with Crippen LogP contribution in [0.1, 0.15) is 0 Å². The Morgan fingerprint density at radius 3 is 1.24 bits per heavy atom. The zero-order valence-electron chi connectivity index (χ0n) is 34.6. The van der Waals surface area contributed by atoms with Crippen molar-refractivity contribution in [1.29, 1.82) is 0 Å². The first-order valence-electron chi connectivity index (χ1n) is 21.8. The Balaban J connectivity index is 1.19. The maximum atomic E-state index is 2.54. The summed E-state index contributed by atoms with van der Waals surface area (Å²) in [6.07, 6.45) is 0. The Hall–Kier alpha value is -7.98. The molecule has 0 N–H and O–H groups in total. The standard InChI is InChI=1S/C60H42N2Si/c1-6-20-43(21-7-1)45-34-36-47(37-35-45)61-55-32-18-16-30-52(55)53-39-38-48(42-57(53)61)62-56-33-19-17-31-54(56)60-58(62)40-46(44-22-8-2-9-23-44)41-59(60)63(49-24-10-3-11-25-49,50-26-12-4-13-27-50)51-28-14-5-15-29-51/h1-42H. The van der Waals surface area contributed by atoms with Crippen LogP contribution >= 0.6 is 0 Å². The van der Waals surface area contributed by atoms with Crippen molar-refractivity contribution in [3.63, 3.8) is 0 Å². The Morgan fingerprint density at radius 1 is 0.254 bits per heavy atom. The Bertz CT molecular complexity index is 3480. The molecule has 3 heteroatoms. The molecule has 0 amide bonds. The molecular formula is C60H42N2Si. The van der Waals surface area contributed by atoms with Crippen LogP contribution < -0.4 is 20.7 Å². The van der Waals surface area contributed by atoms with Crippen molar-refractivity contribution >= 4 is 72.4 Å². The number of benzene rings is 10. The summed E-state index contributed by atoms with van der Waals surface area (Å²) in [7, 11) is -3.00. The molecule has 0 bridgehead atoms. The highest BCUT2D eigenvalue weighted by atomic mass is 28.3. The summed E-state index contributed by atoms with van der Waals surface area (Å²) in [5, 5.41) is 10.5. The summed E-state index contributed by atoms with van der Waals surface area (Å²) in [5.74, 6) is 0. The number of hydrogen-bond acceptors (Lipinski definition) is 0. The van der Waals surface area contributed by atoms with E-state index in [-0.39, 0.29) is 0 Å². The second-order valence-corrected chi connectivity index (χ2v) is 20.2. The topological polar surface area (TPSA) is 9.86 Å². The molecule has 2 aromatic heterocycles. The lowest BCUT2D eigenvalue weighted by atomic mass is 10.0. The number of nitrogens with zero attached hydrogens (tertiary/aromatic N) is 2. The Kier molecular flexibility index (Phi) is 8.87. The van der Waals surface area contributed by atoms with Gasteiger partial charge in [0.05, 0.1) is 22.1 Å². The minimum atomic E-state index is -3.00. The van der Waals surface area contributed by atoms with E-state index in [0.717, 1.165) is 11.4 Å². The lowest BCUT2D eigenvalue weighted by Crippen LogP contribution is -2.74. The van der Waals surface area contributed by atoms with E-state index in [0.29, 0.717) is 0 Å². The minimum Gasteiger partial charge on any atom is -0.309 e. The summed E-state index contributed by atoms with van der Waals surface area (Å²) >= 11 is 0.